The molecule has 0 spiro atoms. The molecule has 0 aliphatic carbocycles. The van der Waals surface area contributed by atoms with E-state index in [1.54, 1.807) is 29.7 Å². The van der Waals surface area contributed by atoms with Gasteiger partial charge in [-0.15, -0.1) is 11.3 Å². The van der Waals surface area contributed by atoms with Gasteiger partial charge in [0.15, 0.2) is 0 Å². The zero-order chi connectivity index (χ0) is 10.8. The third-order valence-corrected chi connectivity index (χ3v) is 3.42. The Bertz CT molecular complexity index is 469. The van der Waals surface area contributed by atoms with E-state index in [0.717, 1.165) is 10.4 Å². The third-order valence-electron chi connectivity index (χ3n) is 2.24. The molecule has 0 saturated heterocycles. The smallest absolute Gasteiger partial charge is 0.124 e. The molecule has 2 aromatic heterocycles. The lowest BCUT2D eigenvalue weighted by Crippen LogP contribution is -2.02. The monoisotopic (exact) mass is 239 g/mol. The molecule has 0 amide bonds. The van der Waals surface area contributed by atoms with Crippen LogP contribution in [0.15, 0.2) is 29.8 Å². The summed E-state index contributed by atoms with van der Waals surface area (Å²) in [5.74, 6) is 0. The first kappa shape index (κ1) is 10.6. The molecule has 1 atom stereocenters. The predicted molar refractivity (Wildman–Crippen MR) is 62.4 cm³/mol. The fourth-order valence-corrected chi connectivity index (χ4v) is 2.38. The normalized spacial score (nSPS) is 12.7. The summed E-state index contributed by atoms with van der Waals surface area (Å²) in [6.07, 6.45) is 0.900. The van der Waals surface area contributed by atoms with Crippen LogP contribution in [0.25, 0.3) is 0 Å². The van der Waals surface area contributed by atoms with E-state index in [2.05, 4.69) is 4.98 Å². The van der Waals surface area contributed by atoms with Crippen LogP contribution < -0.4 is 0 Å². The summed E-state index contributed by atoms with van der Waals surface area (Å²) in [4.78, 5) is 5.19. The van der Waals surface area contributed by atoms with Gasteiger partial charge in [-0.25, -0.2) is 0 Å². The minimum atomic E-state index is -0.732. The lowest BCUT2D eigenvalue weighted by molar-refractivity contribution is 0.215. The number of hydrogen-bond acceptors (Lipinski definition) is 3. The SMILES string of the molecule is Cc1sccc1C(O)c1ncccc1Cl. The highest BCUT2D eigenvalue weighted by molar-refractivity contribution is 7.10. The Morgan fingerprint density at radius 1 is 1.47 bits per heavy atom. The molecule has 1 N–H and O–H groups in total. The number of aryl methyl sites for hydroxylation is 1. The molecule has 78 valence electrons. The number of hydrogen-bond donors (Lipinski definition) is 1. The van der Waals surface area contributed by atoms with Gasteiger partial charge in [-0.2, -0.15) is 0 Å². The molecule has 15 heavy (non-hydrogen) atoms. The Labute approximate surface area is 97.2 Å². The molecule has 0 radical (unpaired) electrons. The maximum absolute atomic E-state index is 10.1. The number of aliphatic hydroxyl groups is 1. The van der Waals surface area contributed by atoms with Crippen molar-refractivity contribution < 1.29 is 5.11 Å². The quantitative estimate of drug-likeness (QED) is 0.873. The van der Waals surface area contributed by atoms with Crippen molar-refractivity contribution in [2.75, 3.05) is 0 Å². The molecule has 2 nitrogen and oxygen atoms in total. The van der Waals surface area contributed by atoms with Crippen molar-refractivity contribution in [3.05, 3.63) is 50.9 Å². The van der Waals surface area contributed by atoms with Gasteiger partial charge in [-0.1, -0.05) is 11.6 Å². The Balaban J connectivity index is 2.41. The lowest BCUT2D eigenvalue weighted by Gasteiger charge is -2.10. The molecule has 0 aliphatic rings. The first-order valence-electron chi connectivity index (χ1n) is 4.52. The third kappa shape index (κ3) is 2.04. The summed E-state index contributed by atoms with van der Waals surface area (Å²) in [6.45, 7) is 1.97. The predicted octanol–water partition coefficient (Wildman–Crippen LogP) is 3.19. The topological polar surface area (TPSA) is 33.1 Å². The molecule has 1 unspecified atom stereocenters. The fraction of sp³-hybridized carbons (Fsp3) is 0.182. The Hall–Kier alpha value is -0.900. The Morgan fingerprint density at radius 3 is 2.87 bits per heavy atom. The molecule has 0 bridgehead atoms. The average Bonchev–Trinajstić information content (AvgIpc) is 2.64. The van der Waals surface area contributed by atoms with Crippen LogP contribution in [0.5, 0.6) is 0 Å². The van der Waals surface area contributed by atoms with Gasteiger partial charge in [0.05, 0.1) is 10.7 Å². The molecule has 2 heterocycles. The Kier molecular flexibility index (Phi) is 3.05. The van der Waals surface area contributed by atoms with Crippen LogP contribution in [0.3, 0.4) is 0 Å². The van der Waals surface area contributed by atoms with E-state index in [0.29, 0.717) is 10.7 Å². The minimum absolute atomic E-state index is 0.496. The number of aromatic nitrogens is 1. The Morgan fingerprint density at radius 2 is 2.27 bits per heavy atom. The average molecular weight is 240 g/mol. The molecule has 4 heteroatoms. The number of nitrogens with zero attached hydrogens (tertiary/aromatic N) is 1. The van der Waals surface area contributed by atoms with Crippen LogP contribution in [0.1, 0.15) is 22.2 Å². The summed E-state index contributed by atoms with van der Waals surface area (Å²) >= 11 is 7.57. The molecular weight excluding hydrogens is 230 g/mol. The summed E-state index contributed by atoms with van der Waals surface area (Å²) in [7, 11) is 0. The van der Waals surface area contributed by atoms with Crippen molar-refractivity contribution in [2.24, 2.45) is 0 Å². The van der Waals surface area contributed by atoms with Crippen molar-refractivity contribution in [3.63, 3.8) is 0 Å². The summed E-state index contributed by atoms with van der Waals surface area (Å²) in [5.41, 5.74) is 1.39. The minimum Gasteiger partial charge on any atom is -0.382 e. The van der Waals surface area contributed by atoms with Crippen LogP contribution in [0.2, 0.25) is 5.02 Å². The van der Waals surface area contributed by atoms with Gasteiger partial charge in [0, 0.05) is 16.6 Å². The molecule has 2 aromatic rings. The van der Waals surface area contributed by atoms with E-state index in [1.807, 2.05) is 18.4 Å². The molecule has 0 aliphatic heterocycles. The van der Waals surface area contributed by atoms with Gasteiger partial charge >= 0.3 is 0 Å². The van der Waals surface area contributed by atoms with Crippen molar-refractivity contribution in [2.45, 2.75) is 13.0 Å². The van der Waals surface area contributed by atoms with E-state index in [1.165, 1.54) is 0 Å². The molecule has 0 saturated carbocycles. The fourth-order valence-electron chi connectivity index (χ4n) is 1.42. The van der Waals surface area contributed by atoms with Crippen LogP contribution in [-0.2, 0) is 0 Å². The van der Waals surface area contributed by atoms with E-state index in [-0.39, 0.29) is 0 Å². The zero-order valence-corrected chi connectivity index (χ0v) is 9.72. The van der Waals surface area contributed by atoms with Gasteiger partial charge in [0.2, 0.25) is 0 Å². The maximum atomic E-state index is 10.1. The van der Waals surface area contributed by atoms with Gasteiger partial charge < -0.3 is 5.11 Å². The number of rotatable bonds is 2. The van der Waals surface area contributed by atoms with Gasteiger partial charge in [-0.3, -0.25) is 4.98 Å². The van der Waals surface area contributed by atoms with Gasteiger partial charge in [-0.05, 0) is 30.5 Å². The first-order valence-corrected chi connectivity index (χ1v) is 5.78. The van der Waals surface area contributed by atoms with Crippen molar-refractivity contribution >= 4 is 22.9 Å². The summed E-state index contributed by atoms with van der Waals surface area (Å²) < 4.78 is 0. The van der Waals surface area contributed by atoms with Gasteiger partial charge in [0.25, 0.3) is 0 Å². The standard InChI is InChI=1S/C11H10ClNOS/c1-7-8(4-6-15-7)11(14)10-9(12)3-2-5-13-10/h2-6,11,14H,1H3. The highest BCUT2D eigenvalue weighted by Crippen LogP contribution is 2.30. The number of pyridine rings is 1. The second-order valence-corrected chi connectivity index (χ2v) is 4.73. The first-order chi connectivity index (χ1) is 7.20. The van der Waals surface area contributed by atoms with Crippen LogP contribution >= 0.6 is 22.9 Å². The van der Waals surface area contributed by atoms with Crippen molar-refractivity contribution in [1.82, 2.24) is 4.98 Å². The van der Waals surface area contributed by atoms with Crippen LogP contribution in [0.4, 0.5) is 0 Å². The van der Waals surface area contributed by atoms with Crippen LogP contribution in [-0.4, -0.2) is 10.1 Å². The van der Waals surface area contributed by atoms with E-state index >= 15 is 0 Å². The molecular formula is C11H10ClNOS. The largest absolute Gasteiger partial charge is 0.382 e. The van der Waals surface area contributed by atoms with E-state index in [9.17, 15) is 5.11 Å². The number of thiophene rings is 1. The molecule has 0 fully saturated rings. The number of halogens is 1. The summed E-state index contributed by atoms with van der Waals surface area (Å²) in [6, 6.07) is 5.38. The van der Waals surface area contributed by atoms with E-state index < -0.39 is 6.10 Å². The zero-order valence-electron chi connectivity index (χ0n) is 8.14. The maximum Gasteiger partial charge on any atom is 0.124 e. The van der Waals surface area contributed by atoms with E-state index in [4.69, 9.17) is 11.6 Å². The van der Waals surface area contributed by atoms with Crippen molar-refractivity contribution in [1.29, 1.82) is 0 Å². The van der Waals surface area contributed by atoms with Gasteiger partial charge in [0.1, 0.15) is 6.10 Å². The second-order valence-electron chi connectivity index (χ2n) is 3.21. The molecule has 0 aromatic carbocycles. The highest BCUT2D eigenvalue weighted by atomic mass is 35.5. The number of aliphatic hydroxyl groups excluding tert-OH is 1. The molecule has 2 rings (SSSR count). The lowest BCUT2D eigenvalue weighted by atomic mass is 10.1. The highest BCUT2D eigenvalue weighted by Gasteiger charge is 2.17. The van der Waals surface area contributed by atoms with Crippen LogP contribution in [0, 0.1) is 6.92 Å². The second kappa shape index (κ2) is 4.31. The van der Waals surface area contributed by atoms with Crippen molar-refractivity contribution in [3.8, 4) is 0 Å². The summed E-state index contributed by atoms with van der Waals surface area (Å²) in [5, 5.41) is 12.5.